The van der Waals surface area contributed by atoms with E-state index in [2.05, 4.69) is 4.90 Å². The summed E-state index contributed by atoms with van der Waals surface area (Å²) in [5.74, 6) is 0.352. The van der Waals surface area contributed by atoms with E-state index in [1.807, 2.05) is 4.90 Å². The predicted octanol–water partition coefficient (Wildman–Crippen LogP) is -1.94. The van der Waals surface area contributed by atoms with Gasteiger partial charge in [0.2, 0.25) is 5.91 Å². The molecule has 0 bridgehead atoms. The summed E-state index contributed by atoms with van der Waals surface area (Å²) in [5, 5.41) is 0. The number of halogens is 1. The van der Waals surface area contributed by atoms with E-state index in [-0.39, 0.29) is 12.4 Å². The molecule has 3 nitrogen and oxygen atoms in total. The smallest absolute Gasteiger partial charge is 0.223 e. The van der Waals surface area contributed by atoms with Gasteiger partial charge in [-0.15, -0.1) is 0 Å². The summed E-state index contributed by atoms with van der Waals surface area (Å²) in [7, 11) is 0. The lowest BCUT2D eigenvalue weighted by molar-refractivity contribution is -0.129. The average Bonchev–Trinajstić information content (AvgIpc) is 2.54. The molecule has 4 heteroatoms. The summed E-state index contributed by atoms with van der Waals surface area (Å²) in [5.41, 5.74) is 0. The molecule has 0 aromatic rings. The molecule has 0 aromatic carbocycles. The number of hydrogen-bond acceptors (Lipinski definition) is 2. The van der Waals surface area contributed by atoms with Gasteiger partial charge in [0.25, 0.3) is 0 Å². The van der Waals surface area contributed by atoms with Crippen molar-refractivity contribution in [3.05, 3.63) is 0 Å². The van der Waals surface area contributed by atoms with Crippen molar-refractivity contribution in [2.24, 2.45) is 0 Å². The first-order valence-electron chi connectivity index (χ1n) is 5.36. The average molecular weight is 218 g/mol. The summed E-state index contributed by atoms with van der Waals surface area (Å²) in [6.07, 6.45) is 5.81. The Morgan fingerprint density at radius 3 is 2.29 bits per heavy atom. The number of carbonyl (C=O) groups excluding carboxylic acids is 1. The Kier molecular flexibility index (Phi) is 4.69. The van der Waals surface area contributed by atoms with Crippen molar-refractivity contribution in [3.63, 3.8) is 0 Å². The van der Waals surface area contributed by atoms with Crippen molar-refractivity contribution in [1.29, 1.82) is 0 Å². The number of nitrogens with zero attached hydrogens (tertiary/aromatic N) is 2. The van der Waals surface area contributed by atoms with Crippen LogP contribution >= 0.6 is 0 Å². The van der Waals surface area contributed by atoms with Crippen LogP contribution in [0, 0.1) is 0 Å². The van der Waals surface area contributed by atoms with Gasteiger partial charge in [-0.1, -0.05) is 6.42 Å². The van der Waals surface area contributed by atoms with Gasteiger partial charge in [-0.25, -0.2) is 0 Å². The molecule has 2 aliphatic rings. The standard InChI is InChI=1S/C10H18N2O.ClH/c13-10-5-4-8-12(10)9-11-6-2-1-3-7-11;/h1-9H2;1H/p-1. The van der Waals surface area contributed by atoms with Crippen LogP contribution in [0.4, 0.5) is 0 Å². The van der Waals surface area contributed by atoms with Crippen LogP contribution in [0.15, 0.2) is 0 Å². The van der Waals surface area contributed by atoms with Gasteiger partial charge < -0.3 is 17.3 Å². The molecule has 2 saturated heterocycles. The Morgan fingerprint density at radius 2 is 1.71 bits per heavy atom. The van der Waals surface area contributed by atoms with E-state index in [1.54, 1.807) is 0 Å². The minimum atomic E-state index is 0. The molecule has 2 heterocycles. The lowest BCUT2D eigenvalue weighted by Gasteiger charge is -2.30. The van der Waals surface area contributed by atoms with Gasteiger partial charge in [0.15, 0.2) is 0 Å². The molecule has 0 N–H and O–H groups in total. The number of carbonyl (C=O) groups is 1. The monoisotopic (exact) mass is 217 g/mol. The summed E-state index contributed by atoms with van der Waals surface area (Å²) in [4.78, 5) is 15.8. The molecule has 0 aromatic heterocycles. The first-order valence-corrected chi connectivity index (χ1v) is 5.36. The van der Waals surface area contributed by atoms with Crippen molar-refractivity contribution in [1.82, 2.24) is 9.80 Å². The summed E-state index contributed by atoms with van der Waals surface area (Å²) >= 11 is 0. The van der Waals surface area contributed by atoms with Crippen LogP contribution in [-0.2, 0) is 4.79 Å². The lowest BCUT2D eigenvalue weighted by atomic mass is 10.1. The van der Waals surface area contributed by atoms with Crippen LogP contribution in [0.2, 0.25) is 0 Å². The van der Waals surface area contributed by atoms with Crippen LogP contribution in [-0.4, -0.2) is 42.0 Å². The zero-order chi connectivity index (χ0) is 9.10. The van der Waals surface area contributed by atoms with E-state index >= 15 is 0 Å². The number of piperidine rings is 1. The maximum atomic E-state index is 11.3. The highest BCUT2D eigenvalue weighted by Crippen LogP contribution is 2.13. The minimum Gasteiger partial charge on any atom is -1.00 e. The molecule has 14 heavy (non-hydrogen) atoms. The van der Waals surface area contributed by atoms with Crippen molar-refractivity contribution >= 4 is 5.91 Å². The van der Waals surface area contributed by atoms with Crippen molar-refractivity contribution in [2.75, 3.05) is 26.3 Å². The van der Waals surface area contributed by atoms with Crippen LogP contribution < -0.4 is 12.4 Å². The fraction of sp³-hybridized carbons (Fsp3) is 0.900. The molecule has 0 radical (unpaired) electrons. The highest BCUT2D eigenvalue weighted by molar-refractivity contribution is 5.77. The summed E-state index contributed by atoms with van der Waals surface area (Å²) in [6, 6.07) is 0. The molecular weight excluding hydrogens is 200 g/mol. The Labute approximate surface area is 91.8 Å². The van der Waals surface area contributed by atoms with Gasteiger partial charge in [-0.3, -0.25) is 9.69 Å². The molecule has 2 fully saturated rings. The normalized spacial score (nSPS) is 23.7. The number of rotatable bonds is 2. The molecule has 0 saturated carbocycles. The SMILES string of the molecule is O=C1CCCN1CN1CCCCC1.[Cl-]. The van der Waals surface area contributed by atoms with Gasteiger partial charge in [0, 0.05) is 13.0 Å². The largest absolute Gasteiger partial charge is 1.00 e. The van der Waals surface area contributed by atoms with Gasteiger partial charge in [-0.2, -0.15) is 0 Å². The third-order valence-electron chi connectivity index (χ3n) is 2.99. The maximum Gasteiger partial charge on any atom is 0.223 e. The van der Waals surface area contributed by atoms with Crippen molar-refractivity contribution < 1.29 is 17.2 Å². The van der Waals surface area contributed by atoms with E-state index < -0.39 is 0 Å². The minimum absolute atomic E-state index is 0. The van der Waals surface area contributed by atoms with Crippen LogP contribution in [0.3, 0.4) is 0 Å². The first-order chi connectivity index (χ1) is 6.36. The maximum absolute atomic E-state index is 11.3. The number of amides is 1. The second kappa shape index (κ2) is 5.56. The molecule has 0 unspecified atom stereocenters. The number of hydrogen-bond donors (Lipinski definition) is 0. The topological polar surface area (TPSA) is 23.6 Å². The molecule has 1 amide bonds. The Bertz CT molecular complexity index is 193. The molecule has 2 aliphatic heterocycles. The second-order valence-electron chi connectivity index (χ2n) is 4.08. The Hall–Kier alpha value is -0.280. The van der Waals surface area contributed by atoms with Crippen LogP contribution in [0.5, 0.6) is 0 Å². The van der Waals surface area contributed by atoms with Gasteiger partial charge in [0.1, 0.15) is 0 Å². The van der Waals surface area contributed by atoms with E-state index in [9.17, 15) is 4.79 Å². The summed E-state index contributed by atoms with van der Waals surface area (Å²) < 4.78 is 0. The van der Waals surface area contributed by atoms with E-state index in [1.165, 1.54) is 32.4 Å². The third kappa shape index (κ3) is 2.85. The zero-order valence-electron chi connectivity index (χ0n) is 8.54. The molecule has 0 aliphatic carbocycles. The third-order valence-corrected chi connectivity index (χ3v) is 2.99. The number of likely N-dealkylation sites (tertiary alicyclic amines) is 2. The van der Waals surface area contributed by atoms with Crippen LogP contribution in [0.25, 0.3) is 0 Å². The quantitative estimate of drug-likeness (QED) is 0.537. The molecule has 0 atom stereocenters. The molecular formula is C10H18ClN2O-. The Morgan fingerprint density at radius 1 is 1.00 bits per heavy atom. The Balaban J connectivity index is 0.000000980. The lowest BCUT2D eigenvalue weighted by Crippen LogP contribution is -3.00. The van der Waals surface area contributed by atoms with Crippen molar-refractivity contribution in [3.8, 4) is 0 Å². The van der Waals surface area contributed by atoms with Gasteiger partial charge >= 0.3 is 0 Å². The molecule has 0 spiro atoms. The zero-order valence-corrected chi connectivity index (χ0v) is 9.30. The molecule has 82 valence electrons. The van der Waals surface area contributed by atoms with Gasteiger partial charge in [0.05, 0.1) is 6.67 Å². The fourth-order valence-electron chi connectivity index (χ4n) is 2.20. The second-order valence-corrected chi connectivity index (χ2v) is 4.08. The fourth-order valence-corrected chi connectivity index (χ4v) is 2.20. The highest BCUT2D eigenvalue weighted by atomic mass is 35.5. The van der Waals surface area contributed by atoms with Gasteiger partial charge in [-0.05, 0) is 32.4 Å². The van der Waals surface area contributed by atoms with Crippen molar-refractivity contribution in [2.45, 2.75) is 32.1 Å². The first kappa shape index (κ1) is 11.8. The highest BCUT2D eigenvalue weighted by Gasteiger charge is 2.22. The van der Waals surface area contributed by atoms with E-state index in [4.69, 9.17) is 0 Å². The molecule has 2 rings (SSSR count). The summed E-state index contributed by atoms with van der Waals surface area (Å²) in [6.45, 7) is 4.24. The predicted molar refractivity (Wildman–Crippen MR) is 51.2 cm³/mol. The van der Waals surface area contributed by atoms with Crippen LogP contribution in [0.1, 0.15) is 32.1 Å². The van der Waals surface area contributed by atoms with E-state index in [0.29, 0.717) is 5.91 Å². The van der Waals surface area contributed by atoms with E-state index in [0.717, 1.165) is 26.1 Å².